The number of benzene rings is 1. The Kier molecular flexibility index (Phi) is 10.8. The van der Waals surface area contributed by atoms with E-state index in [2.05, 4.69) is 11.9 Å². The van der Waals surface area contributed by atoms with Gasteiger partial charge < -0.3 is 34.4 Å². The van der Waals surface area contributed by atoms with Crippen molar-refractivity contribution in [1.29, 1.82) is 0 Å². The lowest BCUT2D eigenvalue weighted by Gasteiger charge is -2.46. The Hall–Kier alpha value is -4.12. The van der Waals surface area contributed by atoms with Crippen molar-refractivity contribution in [2.45, 2.75) is 66.0 Å². The normalized spacial score (nSPS) is 16.0. The first-order chi connectivity index (χ1) is 20.2. The molecule has 4 rings (SSSR count). The van der Waals surface area contributed by atoms with Crippen LogP contribution in [0, 0.1) is 0 Å². The predicted molar refractivity (Wildman–Crippen MR) is 173 cm³/mol. The second-order valence-electron chi connectivity index (χ2n) is 12.1. The monoisotopic (exact) mass is 593 g/mol. The summed E-state index contributed by atoms with van der Waals surface area (Å²) < 4.78 is 10.6. The fourth-order valence-corrected chi connectivity index (χ4v) is 4.74. The van der Waals surface area contributed by atoms with Crippen molar-refractivity contribution in [3.63, 3.8) is 0 Å². The number of likely N-dealkylation sites (N-methyl/N-ethyl adjacent to an activating group) is 1. The van der Waals surface area contributed by atoms with Gasteiger partial charge >= 0.3 is 0 Å². The smallest absolute Gasteiger partial charge is 0.251 e. The number of allylic oxidation sites excluding steroid dienone is 1. The van der Waals surface area contributed by atoms with Crippen molar-refractivity contribution in [3.8, 4) is 5.75 Å². The number of hydrogen-bond acceptors (Lipinski definition) is 9. The fraction of sp³-hybridized carbons (Fsp3) is 0.500. The number of rotatable bonds is 8. The maximum atomic E-state index is 13.2. The molecule has 1 aromatic carbocycles. The Labute approximate surface area is 256 Å². The number of aromatic nitrogens is 2. The Morgan fingerprint density at radius 1 is 1.19 bits per heavy atom. The highest BCUT2D eigenvalue weighted by Crippen LogP contribution is 2.41. The van der Waals surface area contributed by atoms with E-state index >= 15 is 0 Å². The Bertz CT molecular complexity index is 1350. The first kappa shape index (κ1) is 33.4. The number of carbonyl (C=O) groups is 2. The highest BCUT2D eigenvalue weighted by molar-refractivity contribution is 6.05. The summed E-state index contributed by atoms with van der Waals surface area (Å²) >= 11 is 0. The number of ether oxygens (including phenoxy) is 2. The van der Waals surface area contributed by atoms with Gasteiger partial charge in [0, 0.05) is 57.9 Å². The van der Waals surface area contributed by atoms with Crippen LogP contribution >= 0.6 is 0 Å². The van der Waals surface area contributed by atoms with Crippen molar-refractivity contribution >= 4 is 41.1 Å². The molecule has 1 N–H and O–H groups in total. The zero-order valence-corrected chi connectivity index (χ0v) is 27.3. The van der Waals surface area contributed by atoms with Crippen molar-refractivity contribution in [1.82, 2.24) is 14.9 Å². The summed E-state index contributed by atoms with van der Waals surface area (Å²) in [7, 11) is 5.09. The molecule has 0 bridgehead atoms. The van der Waals surface area contributed by atoms with Gasteiger partial charge in [-0.1, -0.05) is 26.0 Å². The van der Waals surface area contributed by atoms with Crippen LogP contribution in [0.5, 0.6) is 5.75 Å². The molecule has 3 heterocycles. The number of nitrogens with zero attached hydrogens (tertiary/aromatic N) is 6. The first-order valence-electron chi connectivity index (χ1n) is 14.5. The van der Waals surface area contributed by atoms with Crippen LogP contribution in [0.25, 0.3) is 0 Å². The molecule has 0 spiro atoms. The van der Waals surface area contributed by atoms with Crippen molar-refractivity contribution in [2.24, 2.45) is 0 Å². The SMILES string of the molecule is C=CN(C=C(C)C)c1ccc(Nc2nc(C(C)C)c3c(n2)N2CCN(C=O)CC2C(=O)N3C)cc1OC.COC(C)(C)C. The molecule has 2 aliphatic heterocycles. The fourth-order valence-electron chi connectivity index (χ4n) is 4.74. The number of hydrogen-bond donors (Lipinski definition) is 1. The number of piperazine rings is 1. The van der Waals surface area contributed by atoms with E-state index in [0.717, 1.165) is 34.7 Å². The molecule has 1 saturated heterocycles. The number of nitrogens with one attached hydrogen (secondary N) is 1. The summed E-state index contributed by atoms with van der Waals surface area (Å²) in [6.45, 7) is 19.5. The molecule has 234 valence electrons. The maximum absolute atomic E-state index is 13.2. The standard InChI is InChI=1S/C27H35N7O3.C5H12O/c1-8-33(14-17(2)3)20-10-9-19(13-22(20)37-7)28-27-29-23(18(4)5)24-25(30-27)34-12-11-32(16-35)15-21(34)26(36)31(24)6;1-5(2,3)6-4/h8-10,13-14,16,18,21H,1,11-12,15H2,2-7H3,(H,28,29,30);1-4H3. The Balaban J connectivity index is 0.000000765. The molecule has 2 aliphatic rings. The minimum absolute atomic E-state index is 0.0417. The molecular weight excluding hydrogens is 546 g/mol. The lowest BCUT2D eigenvalue weighted by atomic mass is 10.0. The van der Waals surface area contributed by atoms with Gasteiger partial charge in [-0.25, -0.2) is 4.98 Å². The molecule has 0 aliphatic carbocycles. The molecule has 0 saturated carbocycles. The van der Waals surface area contributed by atoms with E-state index in [9.17, 15) is 9.59 Å². The highest BCUT2D eigenvalue weighted by atomic mass is 16.5. The third kappa shape index (κ3) is 7.84. The number of fused-ring (bicyclic) bond motifs is 3. The maximum Gasteiger partial charge on any atom is 0.251 e. The van der Waals surface area contributed by atoms with E-state index in [1.165, 1.54) is 0 Å². The molecular formula is C32H47N7O4. The summed E-state index contributed by atoms with van der Waals surface area (Å²) in [6.07, 6.45) is 4.52. The number of methoxy groups -OCH3 is 2. The highest BCUT2D eigenvalue weighted by Gasteiger charge is 2.43. The molecule has 0 radical (unpaired) electrons. The van der Waals surface area contributed by atoms with Crippen LogP contribution in [0.4, 0.5) is 28.8 Å². The van der Waals surface area contributed by atoms with Crippen LogP contribution in [-0.2, 0) is 14.3 Å². The van der Waals surface area contributed by atoms with Crippen molar-refractivity contribution in [2.75, 3.05) is 60.9 Å². The van der Waals surface area contributed by atoms with E-state index < -0.39 is 6.04 Å². The van der Waals surface area contributed by atoms with Crippen LogP contribution < -0.4 is 24.8 Å². The zero-order valence-electron chi connectivity index (χ0n) is 27.3. The van der Waals surface area contributed by atoms with Gasteiger partial charge in [0.1, 0.15) is 17.5 Å². The second-order valence-corrected chi connectivity index (χ2v) is 12.1. The zero-order chi connectivity index (χ0) is 32.1. The lowest BCUT2D eigenvalue weighted by molar-refractivity contribution is -0.123. The molecule has 1 fully saturated rings. The van der Waals surface area contributed by atoms with Gasteiger partial charge in [0.25, 0.3) is 5.91 Å². The number of anilines is 5. The van der Waals surface area contributed by atoms with E-state index in [0.29, 0.717) is 37.1 Å². The molecule has 1 atom stereocenters. The quantitative estimate of drug-likeness (QED) is 0.410. The van der Waals surface area contributed by atoms with Gasteiger partial charge in [-0.3, -0.25) is 9.59 Å². The summed E-state index contributed by atoms with van der Waals surface area (Å²) in [5.74, 6) is 1.79. The van der Waals surface area contributed by atoms with Gasteiger partial charge in [-0.2, -0.15) is 4.98 Å². The molecule has 1 unspecified atom stereocenters. The van der Waals surface area contributed by atoms with E-state index in [-0.39, 0.29) is 17.4 Å². The Morgan fingerprint density at radius 2 is 1.86 bits per heavy atom. The van der Waals surface area contributed by atoms with Gasteiger partial charge in [0.05, 0.1) is 24.1 Å². The Morgan fingerprint density at radius 3 is 2.40 bits per heavy atom. The van der Waals surface area contributed by atoms with E-state index in [1.54, 1.807) is 37.3 Å². The number of amides is 2. The average molecular weight is 594 g/mol. The summed E-state index contributed by atoms with van der Waals surface area (Å²) in [6, 6.07) is 5.31. The average Bonchev–Trinajstić information content (AvgIpc) is 2.97. The third-order valence-electron chi connectivity index (χ3n) is 7.14. The largest absolute Gasteiger partial charge is 0.494 e. The lowest BCUT2D eigenvalue weighted by Crippen LogP contribution is -2.62. The van der Waals surface area contributed by atoms with Crippen LogP contribution in [-0.4, -0.2) is 79.7 Å². The summed E-state index contributed by atoms with van der Waals surface area (Å²) in [4.78, 5) is 41.5. The van der Waals surface area contributed by atoms with Crippen molar-refractivity contribution in [3.05, 3.63) is 48.4 Å². The molecule has 2 aromatic rings. The summed E-state index contributed by atoms with van der Waals surface area (Å²) in [5, 5.41) is 3.33. The van der Waals surface area contributed by atoms with E-state index in [4.69, 9.17) is 19.4 Å². The van der Waals surface area contributed by atoms with Gasteiger partial charge in [-0.15, -0.1) is 0 Å². The topological polar surface area (TPSA) is 103 Å². The minimum atomic E-state index is -0.474. The minimum Gasteiger partial charge on any atom is -0.494 e. The second kappa shape index (κ2) is 13.9. The summed E-state index contributed by atoms with van der Waals surface area (Å²) in [5.41, 5.74) is 4.29. The van der Waals surface area contributed by atoms with Crippen LogP contribution in [0.1, 0.15) is 60.1 Å². The van der Waals surface area contributed by atoms with Crippen LogP contribution in [0.3, 0.4) is 0 Å². The third-order valence-corrected chi connectivity index (χ3v) is 7.14. The molecule has 11 nitrogen and oxygen atoms in total. The van der Waals surface area contributed by atoms with Gasteiger partial charge in [0.15, 0.2) is 5.82 Å². The number of carbonyl (C=O) groups excluding carboxylic acids is 2. The molecule has 11 heteroatoms. The molecule has 43 heavy (non-hydrogen) atoms. The van der Waals surface area contributed by atoms with Crippen LogP contribution in [0.15, 0.2) is 42.8 Å². The molecule has 2 amide bonds. The predicted octanol–water partition coefficient (Wildman–Crippen LogP) is 5.28. The van der Waals surface area contributed by atoms with Crippen molar-refractivity contribution < 1.29 is 19.1 Å². The van der Waals surface area contributed by atoms with E-state index in [1.807, 2.05) is 82.7 Å². The first-order valence-corrected chi connectivity index (χ1v) is 14.5. The molecule has 1 aromatic heterocycles. The van der Waals surface area contributed by atoms with Crippen LogP contribution in [0.2, 0.25) is 0 Å². The van der Waals surface area contributed by atoms with Gasteiger partial charge in [0.2, 0.25) is 12.4 Å². The van der Waals surface area contributed by atoms with Gasteiger partial charge in [-0.05, 0) is 52.7 Å².